The molecule has 1 unspecified atom stereocenters. The Bertz CT molecular complexity index is 3190. The topological polar surface area (TPSA) is 210 Å². The average Bonchev–Trinajstić information content (AvgIpc) is 4.34. The van der Waals surface area contributed by atoms with Crippen molar-refractivity contribution in [2.75, 3.05) is 27.4 Å². The van der Waals surface area contributed by atoms with Gasteiger partial charge in [-0.2, -0.15) is 0 Å². The summed E-state index contributed by atoms with van der Waals surface area (Å²) in [5.41, 5.74) is 12.0. The maximum absolute atomic E-state index is 14.4. The van der Waals surface area contributed by atoms with Crippen LogP contribution in [0.2, 0.25) is 0 Å². The molecule has 7 aromatic rings. The molecule has 16 heteroatoms. The molecule has 2 aliphatic carbocycles. The van der Waals surface area contributed by atoms with E-state index in [0.717, 1.165) is 87.4 Å². The first-order valence-corrected chi connectivity index (χ1v) is 26.5. The van der Waals surface area contributed by atoms with Crippen LogP contribution in [-0.2, 0) is 36.8 Å². The van der Waals surface area contributed by atoms with Crippen molar-refractivity contribution in [2.24, 2.45) is 11.8 Å². The number of carbonyl (C=O) groups is 5. The molecule has 0 bridgehead atoms. The number of fused-ring (bicyclic) bond motifs is 3. The van der Waals surface area contributed by atoms with Crippen molar-refractivity contribution >= 4 is 30.0 Å². The maximum Gasteiger partial charge on any atom is 0.407 e. The number of hydrogen-bond acceptors (Lipinski definition) is 10. The molecule has 3 heterocycles. The van der Waals surface area contributed by atoms with Crippen LogP contribution in [0, 0.1) is 11.8 Å². The van der Waals surface area contributed by atoms with Gasteiger partial charge in [-0.1, -0.05) is 142 Å². The van der Waals surface area contributed by atoms with E-state index in [-0.39, 0.29) is 61.0 Å². The third kappa shape index (κ3) is 11.4. The van der Waals surface area contributed by atoms with Gasteiger partial charge in [0.1, 0.15) is 24.3 Å². The highest BCUT2D eigenvalue weighted by molar-refractivity contribution is 5.90. The maximum atomic E-state index is 14.4. The van der Waals surface area contributed by atoms with Crippen LogP contribution in [0.15, 0.2) is 134 Å². The summed E-state index contributed by atoms with van der Waals surface area (Å²) in [5.74, 6) is 0.560. The van der Waals surface area contributed by atoms with Crippen LogP contribution in [0.5, 0.6) is 0 Å². The van der Waals surface area contributed by atoms with Crippen LogP contribution in [0.1, 0.15) is 97.7 Å². The normalized spacial score (nSPS) is 17.5. The lowest BCUT2D eigenvalue weighted by Crippen LogP contribution is -2.51. The van der Waals surface area contributed by atoms with Crippen molar-refractivity contribution in [3.05, 3.63) is 168 Å². The Kier molecular flexibility index (Phi) is 15.6. The fourth-order valence-electron chi connectivity index (χ4n) is 11.4. The molecule has 0 radical (unpaired) electrons. The summed E-state index contributed by atoms with van der Waals surface area (Å²) in [6, 6.07) is 38.8. The quantitative estimate of drug-likeness (QED) is 0.0545. The largest absolute Gasteiger partial charge is 0.453 e. The summed E-state index contributed by atoms with van der Waals surface area (Å²) >= 11 is 0. The third-order valence-electron chi connectivity index (χ3n) is 15.5. The van der Waals surface area contributed by atoms with Crippen LogP contribution in [-0.4, -0.2) is 94.3 Å². The second-order valence-electron chi connectivity index (χ2n) is 20.5. The average molecular weight is 1040 g/mol. The number of methoxy groups -OCH3 is 2. The minimum Gasteiger partial charge on any atom is -0.453 e. The van der Waals surface area contributed by atoms with E-state index in [1.807, 2.05) is 80.7 Å². The van der Waals surface area contributed by atoms with Crippen molar-refractivity contribution in [1.82, 2.24) is 40.8 Å². The predicted octanol–water partition coefficient (Wildman–Crippen LogP) is 10.6. The third-order valence-corrected chi connectivity index (χ3v) is 15.5. The van der Waals surface area contributed by atoms with Crippen molar-refractivity contribution in [3.63, 3.8) is 0 Å². The zero-order chi connectivity index (χ0) is 53.6. The van der Waals surface area contributed by atoms with E-state index in [9.17, 15) is 24.0 Å². The number of alkyl carbamates (subject to hydrolysis) is 3. The van der Waals surface area contributed by atoms with Gasteiger partial charge in [0.2, 0.25) is 5.91 Å². The van der Waals surface area contributed by atoms with Gasteiger partial charge in [-0.25, -0.2) is 24.4 Å². The van der Waals surface area contributed by atoms with Gasteiger partial charge in [-0.15, -0.1) is 0 Å². The number of nitrogens with one attached hydrogen (secondary N) is 5. The Morgan fingerprint density at radius 2 is 1.19 bits per heavy atom. The second kappa shape index (κ2) is 23.2. The highest BCUT2D eigenvalue weighted by Gasteiger charge is 2.40. The molecule has 396 valence electrons. The summed E-state index contributed by atoms with van der Waals surface area (Å²) in [6.45, 7) is 4.86. The van der Waals surface area contributed by atoms with Gasteiger partial charge >= 0.3 is 18.3 Å². The molecule has 2 aromatic heterocycles. The summed E-state index contributed by atoms with van der Waals surface area (Å²) < 4.78 is 15.5. The van der Waals surface area contributed by atoms with Crippen LogP contribution < -0.4 is 16.0 Å². The number of carbonyl (C=O) groups excluding carboxylic acids is 5. The molecule has 3 aliphatic rings. The Balaban J connectivity index is 0.735. The molecule has 16 nitrogen and oxygen atoms in total. The summed E-state index contributed by atoms with van der Waals surface area (Å²) in [5, 5.41) is 8.38. The lowest BCUT2D eigenvalue weighted by atomic mass is 9.85. The number of aromatic nitrogens is 4. The number of amides is 4. The zero-order valence-corrected chi connectivity index (χ0v) is 43.7. The molecule has 5 N–H and O–H groups in total. The number of ketones is 1. The molecule has 1 saturated heterocycles. The monoisotopic (exact) mass is 1040 g/mol. The van der Waals surface area contributed by atoms with Gasteiger partial charge in [0.15, 0.2) is 5.78 Å². The fraction of sp³-hybridized carbons (Fsp3) is 0.328. The van der Waals surface area contributed by atoms with Crippen molar-refractivity contribution in [3.8, 4) is 44.8 Å². The minimum atomic E-state index is -0.826. The lowest BCUT2D eigenvalue weighted by molar-refractivity contribution is -0.135. The zero-order valence-electron chi connectivity index (χ0n) is 43.7. The van der Waals surface area contributed by atoms with Crippen LogP contribution in [0.4, 0.5) is 14.4 Å². The number of benzene rings is 5. The van der Waals surface area contributed by atoms with Gasteiger partial charge in [0.05, 0.1) is 50.1 Å². The van der Waals surface area contributed by atoms with Crippen LogP contribution in [0.25, 0.3) is 44.8 Å². The van der Waals surface area contributed by atoms with Gasteiger partial charge in [-0.05, 0) is 93.7 Å². The molecule has 10 rings (SSSR count). The SMILES string of the molecule is COC(=O)N[C@@H](Cc1ccc(CNC(=O)OCC2c3ccccc3-c3ccccc32)cc1)C(=O)C1CCC[C@H]1c1ncc(-c2ccc(-c3ccc(-c4cnc([C@@H]5CCCN5C(=O)[C@@H](NC(=O)OC)C(C)C)[nH]4)cc3)cc2)[nH]1. The lowest BCUT2D eigenvalue weighted by Gasteiger charge is -2.30. The summed E-state index contributed by atoms with van der Waals surface area (Å²) in [4.78, 5) is 83.9. The number of aromatic amines is 2. The molecular formula is C61H64N8O8. The van der Waals surface area contributed by atoms with E-state index in [2.05, 4.69) is 86.6 Å². The standard InChI is InChI=1S/C61H64N8O8/c1-36(2)54(68-61(74)76-4)58(71)69-30-10-17-53(69)57-63-34-52(66-57)42-28-24-40(25-29-42)39-22-26-41(27-23-39)51-33-62-56(65-51)48-16-9-15-47(48)55(70)50(67-60(73)75-3)31-37-18-20-38(21-19-37)32-64-59(72)77-35-49-45-13-7-5-11-43(45)44-12-6-8-14-46(44)49/h5-8,11-14,18-29,33-34,36,47-50,53-54H,9-10,15-17,30-32,35H2,1-4H3,(H,62,65)(H,63,66)(H,64,72)(H,67,73)(H,68,74)/t47?,48-,50+,53+,54+/m1/s1. The van der Waals surface area contributed by atoms with Crippen molar-refractivity contribution in [1.29, 1.82) is 0 Å². The summed E-state index contributed by atoms with van der Waals surface area (Å²) in [6.07, 6.45) is 5.96. The van der Waals surface area contributed by atoms with E-state index in [0.29, 0.717) is 18.8 Å². The van der Waals surface area contributed by atoms with Gasteiger partial charge in [-0.3, -0.25) is 9.59 Å². The number of rotatable bonds is 17. The molecule has 4 amide bonds. The number of ether oxygens (including phenoxy) is 3. The van der Waals surface area contributed by atoms with E-state index < -0.39 is 30.4 Å². The minimum absolute atomic E-state index is 0.0330. The Morgan fingerprint density at radius 1 is 0.636 bits per heavy atom. The molecule has 1 aliphatic heterocycles. The smallest absolute Gasteiger partial charge is 0.407 e. The van der Waals surface area contributed by atoms with E-state index in [1.165, 1.54) is 25.3 Å². The second-order valence-corrected chi connectivity index (χ2v) is 20.5. The van der Waals surface area contributed by atoms with Crippen molar-refractivity contribution < 1.29 is 38.2 Å². The molecule has 77 heavy (non-hydrogen) atoms. The van der Waals surface area contributed by atoms with Crippen LogP contribution >= 0.6 is 0 Å². The fourth-order valence-corrected chi connectivity index (χ4v) is 11.4. The predicted molar refractivity (Wildman–Crippen MR) is 291 cm³/mol. The number of likely N-dealkylation sites (tertiary alicyclic amines) is 1. The molecule has 5 atom stereocenters. The van der Waals surface area contributed by atoms with Gasteiger partial charge < -0.3 is 45.0 Å². The Morgan fingerprint density at radius 3 is 1.81 bits per heavy atom. The Labute approximate surface area is 447 Å². The number of H-pyrrole nitrogens is 2. The molecule has 1 saturated carbocycles. The number of imidazole rings is 2. The summed E-state index contributed by atoms with van der Waals surface area (Å²) in [7, 11) is 2.57. The number of hydrogen-bond donors (Lipinski definition) is 5. The van der Waals surface area contributed by atoms with Gasteiger partial charge in [0.25, 0.3) is 0 Å². The first kappa shape index (κ1) is 51.9. The van der Waals surface area contributed by atoms with E-state index in [1.54, 1.807) is 11.1 Å². The van der Waals surface area contributed by atoms with Crippen molar-refractivity contribution in [2.45, 2.75) is 88.9 Å². The van der Waals surface area contributed by atoms with Gasteiger partial charge in [0, 0.05) is 30.8 Å². The Hall–Kier alpha value is -8.53. The first-order chi connectivity index (χ1) is 37.5. The first-order valence-electron chi connectivity index (χ1n) is 26.5. The molecule has 5 aromatic carbocycles. The molecular weight excluding hydrogens is 973 g/mol. The highest BCUT2D eigenvalue weighted by atomic mass is 16.6. The van der Waals surface area contributed by atoms with E-state index >= 15 is 0 Å². The van der Waals surface area contributed by atoms with Crippen LogP contribution in [0.3, 0.4) is 0 Å². The number of Topliss-reactive ketones (excluding diaryl/α,β-unsaturated/α-hetero) is 1. The van der Waals surface area contributed by atoms with E-state index in [4.69, 9.17) is 24.2 Å². The molecule has 2 fully saturated rings. The molecule has 0 spiro atoms. The highest BCUT2D eigenvalue weighted by Crippen LogP contribution is 2.45. The number of nitrogens with zero attached hydrogens (tertiary/aromatic N) is 3.